The Hall–Kier alpha value is -2.11. The van der Waals surface area contributed by atoms with Gasteiger partial charge >= 0.3 is 0 Å². The molecule has 24 heavy (non-hydrogen) atoms. The molecule has 1 fully saturated rings. The van der Waals surface area contributed by atoms with Crippen LogP contribution in [0.2, 0.25) is 0 Å². The van der Waals surface area contributed by atoms with Gasteiger partial charge in [0.1, 0.15) is 4.70 Å². The fraction of sp³-hybridized carbons (Fsp3) is 0.316. The van der Waals surface area contributed by atoms with E-state index < -0.39 is 0 Å². The molecule has 1 aliphatic heterocycles. The molecule has 1 aliphatic rings. The van der Waals surface area contributed by atoms with Gasteiger partial charge in [-0.1, -0.05) is 30.4 Å². The van der Waals surface area contributed by atoms with Crippen molar-refractivity contribution in [1.82, 2.24) is 0 Å². The lowest BCUT2D eigenvalue weighted by atomic mass is 10.1. The van der Waals surface area contributed by atoms with E-state index in [1.807, 2.05) is 49.6 Å². The third kappa shape index (κ3) is 3.37. The minimum atomic E-state index is 0.0138. The van der Waals surface area contributed by atoms with Gasteiger partial charge in [0.25, 0.3) is 0 Å². The van der Waals surface area contributed by atoms with Crippen LogP contribution in [0.1, 0.15) is 19.4 Å². The normalized spacial score (nSPS) is 16.8. The predicted molar refractivity (Wildman–Crippen MR) is 101 cm³/mol. The first-order valence-corrected chi connectivity index (χ1v) is 8.96. The van der Waals surface area contributed by atoms with Crippen LogP contribution < -0.4 is 10.3 Å². The Morgan fingerprint density at radius 2 is 2.04 bits per heavy atom. The van der Waals surface area contributed by atoms with Gasteiger partial charge in [-0.05, 0) is 19.4 Å². The smallest absolute Gasteiger partial charge is 0.204 e. The maximum Gasteiger partial charge on any atom is 0.204 e. The lowest BCUT2D eigenvalue weighted by Gasteiger charge is -2.27. The standard InChI is InChI=1S/C19H21NO3S/c1-3-5-7-14(6-4-2)15-13-24-19-16(21)12-17(23-18(15)19)20-8-10-22-11-9-20/h3-7,12-13H,8-11H2,1-2H3/b5-3-,6-4-,14-7+. The van der Waals surface area contributed by atoms with E-state index in [2.05, 4.69) is 4.90 Å². The fourth-order valence-corrected chi connectivity index (χ4v) is 3.60. The van der Waals surface area contributed by atoms with E-state index in [0.717, 1.165) is 24.2 Å². The first-order chi connectivity index (χ1) is 11.7. The fourth-order valence-electron chi connectivity index (χ4n) is 2.68. The van der Waals surface area contributed by atoms with Crippen molar-refractivity contribution in [3.63, 3.8) is 0 Å². The molecule has 0 N–H and O–H groups in total. The van der Waals surface area contributed by atoms with Gasteiger partial charge in [0, 0.05) is 30.1 Å². The molecule has 0 saturated carbocycles. The van der Waals surface area contributed by atoms with E-state index in [-0.39, 0.29) is 5.43 Å². The van der Waals surface area contributed by atoms with Crippen molar-refractivity contribution in [3.05, 3.63) is 57.6 Å². The summed E-state index contributed by atoms with van der Waals surface area (Å²) in [5.74, 6) is 0.626. The van der Waals surface area contributed by atoms with Gasteiger partial charge in [0.2, 0.25) is 5.43 Å². The van der Waals surface area contributed by atoms with Crippen molar-refractivity contribution in [2.45, 2.75) is 13.8 Å². The van der Waals surface area contributed by atoms with Crippen molar-refractivity contribution < 1.29 is 9.15 Å². The zero-order chi connectivity index (χ0) is 16.9. The van der Waals surface area contributed by atoms with Crippen LogP contribution in [0.3, 0.4) is 0 Å². The number of fused-ring (bicyclic) bond motifs is 1. The van der Waals surface area contributed by atoms with Crippen LogP contribution in [0.25, 0.3) is 15.9 Å². The van der Waals surface area contributed by atoms with Crippen LogP contribution in [0.5, 0.6) is 0 Å². The lowest BCUT2D eigenvalue weighted by Crippen LogP contribution is -2.36. The van der Waals surface area contributed by atoms with Crippen LogP contribution in [0, 0.1) is 0 Å². The molecule has 5 heteroatoms. The zero-order valence-electron chi connectivity index (χ0n) is 14.0. The van der Waals surface area contributed by atoms with Gasteiger partial charge in [-0.15, -0.1) is 11.3 Å². The van der Waals surface area contributed by atoms with Gasteiger partial charge in [0.05, 0.1) is 13.2 Å². The molecule has 2 aromatic heterocycles. The second-order valence-electron chi connectivity index (χ2n) is 5.50. The molecule has 0 aromatic carbocycles. The SMILES string of the molecule is C\C=C/C=C(\C=C/C)c1csc2c(=O)cc(N3CCOCC3)oc12. The average molecular weight is 343 g/mol. The highest BCUT2D eigenvalue weighted by molar-refractivity contribution is 7.17. The van der Waals surface area contributed by atoms with Gasteiger partial charge < -0.3 is 14.1 Å². The summed E-state index contributed by atoms with van der Waals surface area (Å²) < 4.78 is 12.2. The number of thiophene rings is 1. The van der Waals surface area contributed by atoms with E-state index in [1.54, 1.807) is 6.07 Å². The van der Waals surface area contributed by atoms with Crippen molar-refractivity contribution in [2.75, 3.05) is 31.2 Å². The Morgan fingerprint density at radius 1 is 1.25 bits per heavy atom. The monoisotopic (exact) mass is 343 g/mol. The van der Waals surface area contributed by atoms with Crippen molar-refractivity contribution >= 4 is 33.1 Å². The van der Waals surface area contributed by atoms with Gasteiger partial charge in [-0.3, -0.25) is 4.79 Å². The van der Waals surface area contributed by atoms with Crippen LogP contribution in [0.4, 0.5) is 5.88 Å². The lowest BCUT2D eigenvalue weighted by molar-refractivity contribution is 0.121. The third-order valence-corrected chi connectivity index (χ3v) is 4.85. The highest BCUT2D eigenvalue weighted by Crippen LogP contribution is 2.32. The summed E-state index contributed by atoms with van der Waals surface area (Å²) in [6.07, 6.45) is 10.0. The third-order valence-electron chi connectivity index (χ3n) is 3.88. The second kappa shape index (κ2) is 7.64. The molecule has 0 atom stereocenters. The summed E-state index contributed by atoms with van der Waals surface area (Å²) in [6.45, 7) is 6.75. The van der Waals surface area contributed by atoms with E-state index in [4.69, 9.17) is 9.15 Å². The molecule has 0 radical (unpaired) electrons. The molecular weight excluding hydrogens is 322 g/mol. The first-order valence-electron chi connectivity index (χ1n) is 8.08. The molecule has 0 unspecified atom stereocenters. The van der Waals surface area contributed by atoms with E-state index in [9.17, 15) is 4.79 Å². The minimum absolute atomic E-state index is 0.0138. The van der Waals surface area contributed by atoms with Crippen LogP contribution >= 0.6 is 11.3 Å². The molecule has 3 heterocycles. The quantitative estimate of drug-likeness (QED) is 0.779. The van der Waals surface area contributed by atoms with Crippen molar-refractivity contribution in [2.24, 2.45) is 0 Å². The predicted octanol–water partition coefficient (Wildman–Crippen LogP) is 4.23. The summed E-state index contributed by atoms with van der Waals surface area (Å²) >= 11 is 1.44. The van der Waals surface area contributed by atoms with Crippen LogP contribution in [-0.2, 0) is 4.74 Å². The van der Waals surface area contributed by atoms with Gasteiger partial charge in [0.15, 0.2) is 11.5 Å². The first kappa shape index (κ1) is 16.7. The Labute approximate surface area is 145 Å². The molecule has 4 nitrogen and oxygen atoms in total. The number of hydrogen-bond acceptors (Lipinski definition) is 5. The van der Waals surface area contributed by atoms with Crippen LogP contribution in [-0.4, -0.2) is 26.3 Å². The highest BCUT2D eigenvalue weighted by atomic mass is 32.1. The molecule has 3 rings (SSSR count). The Morgan fingerprint density at radius 3 is 2.75 bits per heavy atom. The van der Waals surface area contributed by atoms with Crippen molar-refractivity contribution in [1.29, 1.82) is 0 Å². The number of anilines is 1. The molecule has 1 saturated heterocycles. The average Bonchev–Trinajstić information content (AvgIpc) is 3.04. The topological polar surface area (TPSA) is 42.7 Å². The molecular formula is C19H21NO3S. The minimum Gasteiger partial charge on any atom is -0.439 e. The van der Waals surface area contributed by atoms with Crippen LogP contribution in [0.15, 0.2) is 51.0 Å². The number of rotatable bonds is 4. The number of allylic oxidation sites excluding steroid dienone is 6. The van der Waals surface area contributed by atoms with E-state index >= 15 is 0 Å². The molecule has 0 bridgehead atoms. The molecule has 0 spiro atoms. The summed E-state index contributed by atoms with van der Waals surface area (Å²) in [6, 6.07) is 1.60. The second-order valence-corrected chi connectivity index (χ2v) is 6.38. The van der Waals surface area contributed by atoms with Gasteiger partial charge in [-0.2, -0.15) is 0 Å². The Kier molecular flexibility index (Phi) is 5.33. The molecule has 0 amide bonds. The number of hydrogen-bond donors (Lipinski definition) is 0. The summed E-state index contributed by atoms with van der Waals surface area (Å²) in [4.78, 5) is 14.6. The Balaban J connectivity index is 2.12. The van der Waals surface area contributed by atoms with Crippen molar-refractivity contribution in [3.8, 4) is 0 Å². The zero-order valence-corrected chi connectivity index (χ0v) is 14.8. The summed E-state index contributed by atoms with van der Waals surface area (Å²) in [5.41, 5.74) is 2.67. The number of nitrogens with zero attached hydrogens (tertiary/aromatic N) is 1. The molecule has 2 aromatic rings. The van der Waals surface area contributed by atoms with Gasteiger partial charge in [-0.25, -0.2) is 0 Å². The summed E-state index contributed by atoms with van der Waals surface area (Å²) in [7, 11) is 0. The Bertz CT molecular complexity index is 851. The molecule has 126 valence electrons. The number of morpholine rings is 1. The molecule has 0 aliphatic carbocycles. The summed E-state index contributed by atoms with van der Waals surface area (Å²) in [5, 5.41) is 1.99. The van der Waals surface area contributed by atoms with E-state index in [0.29, 0.717) is 29.4 Å². The number of ether oxygens (including phenoxy) is 1. The highest BCUT2D eigenvalue weighted by Gasteiger charge is 2.18. The largest absolute Gasteiger partial charge is 0.439 e. The maximum atomic E-state index is 12.5. The van der Waals surface area contributed by atoms with E-state index in [1.165, 1.54) is 11.3 Å². The maximum absolute atomic E-state index is 12.5.